The summed E-state index contributed by atoms with van der Waals surface area (Å²) in [6.07, 6.45) is 4.35. The normalized spacial score (nSPS) is 14.1. The number of nitrogens with zero attached hydrogens (tertiary/aromatic N) is 3. The van der Waals surface area contributed by atoms with E-state index in [0.717, 1.165) is 12.8 Å². The summed E-state index contributed by atoms with van der Waals surface area (Å²) < 4.78 is 2.08. The summed E-state index contributed by atoms with van der Waals surface area (Å²) in [5.74, 6) is 0.510. The molecule has 0 atom stereocenters. The maximum absolute atomic E-state index is 4.77. The first-order chi connectivity index (χ1) is 8.56. The Morgan fingerprint density at radius 3 is 2.67 bits per heavy atom. The van der Waals surface area contributed by atoms with Gasteiger partial charge in [0.25, 0.3) is 0 Å². The average molecular weight is 261 g/mol. The molecule has 1 aliphatic carbocycles. The van der Waals surface area contributed by atoms with Crippen LogP contribution in [-0.4, -0.2) is 14.8 Å². The van der Waals surface area contributed by atoms with Gasteiger partial charge in [0, 0.05) is 18.2 Å². The van der Waals surface area contributed by atoms with E-state index in [2.05, 4.69) is 38.6 Å². The molecule has 1 aliphatic rings. The Morgan fingerprint density at radius 1 is 1.22 bits per heavy atom. The third-order valence-corrected chi connectivity index (χ3v) is 4.80. The lowest BCUT2D eigenvalue weighted by Gasteiger charge is -2.07. The molecular formula is C14H19N3S. The zero-order valence-corrected chi connectivity index (χ0v) is 12.2. The molecule has 18 heavy (non-hydrogen) atoms. The highest BCUT2D eigenvalue weighted by atomic mass is 32.1. The molecule has 0 spiro atoms. The van der Waals surface area contributed by atoms with Gasteiger partial charge >= 0.3 is 0 Å². The molecule has 0 aliphatic heterocycles. The number of fused-ring (bicyclic) bond motifs is 3. The number of rotatable bonds is 2. The first-order valence-electron chi connectivity index (χ1n) is 6.64. The molecule has 0 unspecified atom stereocenters. The van der Waals surface area contributed by atoms with E-state index in [1.807, 2.05) is 11.3 Å². The standard InChI is InChI=1S/C14H19N3S/c1-8(2)14-15-11-6-5-10-7-17(9(3)4)16-12(10)13(11)18-14/h7-9H,5-6H2,1-4H3. The number of thiazole rings is 1. The topological polar surface area (TPSA) is 30.7 Å². The van der Waals surface area contributed by atoms with Crippen LogP contribution in [0.4, 0.5) is 0 Å². The van der Waals surface area contributed by atoms with Crippen LogP contribution in [0, 0.1) is 0 Å². The fraction of sp³-hybridized carbons (Fsp3) is 0.571. The van der Waals surface area contributed by atoms with Gasteiger partial charge in [0.15, 0.2) is 0 Å². The predicted molar refractivity (Wildman–Crippen MR) is 75.2 cm³/mol. The first kappa shape index (κ1) is 11.9. The molecule has 0 fully saturated rings. The lowest BCUT2D eigenvalue weighted by Crippen LogP contribution is -2.01. The van der Waals surface area contributed by atoms with Crippen LogP contribution in [-0.2, 0) is 12.8 Å². The van der Waals surface area contributed by atoms with E-state index in [4.69, 9.17) is 10.1 Å². The van der Waals surface area contributed by atoms with Crippen LogP contribution in [0.3, 0.4) is 0 Å². The minimum absolute atomic E-state index is 0.427. The number of hydrogen-bond donors (Lipinski definition) is 0. The van der Waals surface area contributed by atoms with E-state index in [9.17, 15) is 0 Å². The van der Waals surface area contributed by atoms with Gasteiger partial charge in [-0.1, -0.05) is 13.8 Å². The van der Waals surface area contributed by atoms with Crippen molar-refractivity contribution >= 4 is 11.3 Å². The van der Waals surface area contributed by atoms with E-state index < -0.39 is 0 Å². The SMILES string of the molecule is CC(C)c1nc2c(s1)-c1nn(C(C)C)cc1CC2. The van der Waals surface area contributed by atoms with Gasteiger partial charge in [-0.3, -0.25) is 4.68 Å². The Bertz CT molecular complexity index is 526. The van der Waals surface area contributed by atoms with E-state index in [1.165, 1.54) is 26.8 Å². The van der Waals surface area contributed by atoms with Gasteiger partial charge < -0.3 is 0 Å². The quantitative estimate of drug-likeness (QED) is 0.823. The molecule has 0 saturated carbocycles. The lowest BCUT2D eigenvalue weighted by atomic mass is 10.0. The number of hydrogen-bond acceptors (Lipinski definition) is 3. The van der Waals surface area contributed by atoms with Crippen LogP contribution in [0.2, 0.25) is 0 Å². The maximum Gasteiger partial charge on any atom is 0.107 e. The highest BCUT2D eigenvalue weighted by molar-refractivity contribution is 7.15. The predicted octanol–water partition coefficient (Wildman–Crippen LogP) is 3.81. The Kier molecular flexibility index (Phi) is 2.77. The summed E-state index contributed by atoms with van der Waals surface area (Å²) >= 11 is 1.82. The highest BCUT2D eigenvalue weighted by Gasteiger charge is 2.25. The summed E-state index contributed by atoms with van der Waals surface area (Å²) in [6.45, 7) is 8.76. The smallest absolute Gasteiger partial charge is 0.107 e. The van der Waals surface area contributed by atoms with Crippen LogP contribution in [0.1, 0.15) is 55.9 Å². The molecule has 4 heteroatoms. The van der Waals surface area contributed by atoms with Gasteiger partial charge in [0.05, 0.1) is 15.6 Å². The minimum atomic E-state index is 0.427. The van der Waals surface area contributed by atoms with Crippen LogP contribution in [0.25, 0.3) is 10.6 Å². The van der Waals surface area contributed by atoms with Gasteiger partial charge in [-0.05, 0) is 32.3 Å². The molecule has 2 aromatic heterocycles. The molecule has 0 aromatic carbocycles. The Labute approximate surface area is 112 Å². The van der Waals surface area contributed by atoms with Crippen molar-refractivity contribution in [3.05, 3.63) is 22.5 Å². The maximum atomic E-state index is 4.77. The third kappa shape index (κ3) is 1.79. The van der Waals surface area contributed by atoms with Gasteiger partial charge in [-0.25, -0.2) is 4.98 Å². The van der Waals surface area contributed by atoms with E-state index >= 15 is 0 Å². The Hall–Kier alpha value is -1.16. The fourth-order valence-corrected chi connectivity index (χ4v) is 3.43. The van der Waals surface area contributed by atoms with Crippen LogP contribution in [0.15, 0.2) is 6.20 Å². The summed E-state index contributed by atoms with van der Waals surface area (Å²) in [5, 5.41) is 5.99. The second-order valence-electron chi connectivity index (χ2n) is 5.56. The molecule has 2 aromatic rings. The monoisotopic (exact) mass is 261 g/mol. The molecule has 0 amide bonds. The van der Waals surface area contributed by atoms with Crippen molar-refractivity contribution in [3.63, 3.8) is 0 Å². The fourth-order valence-electron chi connectivity index (χ4n) is 2.29. The molecule has 0 N–H and O–H groups in total. The minimum Gasteiger partial charge on any atom is -0.269 e. The second-order valence-corrected chi connectivity index (χ2v) is 6.59. The lowest BCUT2D eigenvalue weighted by molar-refractivity contribution is 0.533. The first-order valence-corrected chi connectivity index (χ1v) is 7.46. The van der Waals surface area contributed by atoms with Crippen molar-refractivity contribution in [2.75, 3.05) is 0 Å². The zero-order valence-electron chi connectivity index (χ0n) is 11.4. The molecular weight excluding hydrogens is 242 g/mol. The summed E-state index contributed by atoms with van der Waals surface area (Å²) in [5.41, 5.74) is 3.81. The summed E-state index contributed by atoms with van der Waals surface area (Å²) in [6, 6.07) is 0.427. The van der Waals surface area contributed by atoms with Gasteiger partial charge in [-0.2, -0.15) is 5.10 Å². The Balaban J connectivity index is 2.10. The summed E-state index contributed by atoms with van der Waals surface area (Å²) in [4.78, 5) is 6.08. The molecule has 96 valence electrons. The van der Waals surface area contributed by atoms with Crippen LogP contribution in [0.5, 0.6) is 0 Å². The molecule has 0 bridgehead atoms. The number of aromatic nitrogens is 3. The number of aryl methyl sites for hydroxylation is 2. The largest absolute Gasteiger partial charge is 0.269 e. The van der Waals surface area contributed by atoms with Gasteiger partial charge in [0.1, 0.15) is 5.69 Å². The third-order valence-electron chi connectivity index (χ3n) is 3.39. The van der Waals surface area contributed by atoms with Crippen molar-refractivity contribution in [1.29, 1.82) is 0 Å². The van der Waals surface area contributed by atoms with Crippen molar-refractivity contribution in [3.8, 4) is 10.6 Å². The molecule has 2 heterocycles. The average Bonchev–Trinajstić information content (AvgIpc) is 2.91. The van der Waals surface area contributed by atoms with E-state index in [1.54, 1.807) is 0 Å². The van der Waals surface area contributed by atoms with Crippen molar-refractivity contribution in [2.45, 2.75) is 52.5 Å². The Morgan fingerprint density at radius 2 is 2.00 bits per heavy atom. The van der Waals surface area contributed by atoms with Gasteiger partial charge in [0.2, 0.25) is 0 Å². The van der Waals surface area contributed by atoms with E-state index in [-0.39, 0.29) is 0 Å². The van der Waals surface area contributed by atoms with Crippen LogP contribution < -0.4 is 0 Å². The van der Waals surface area contributed by atoms with Crippen molar-refractivity contribution < 1.29 is 0 Å². The molecule has 0 saturated heterocycles. The summed E-state index contributed by atoms with van der Waals surface area (Å²) in [7, 11) is 0. The highest BCUT2D eigenvalue weighted by Crippen LogP contribution is 2.38. The van der Waals surface area contributed by atoms with Crippen molar-refractivity contribution in [2.24, 2.45) is 0 Å². The van der Waals surface area contributed by atoms with Crippen LogP contribution >= 0.6 is 11.3 Å². The molecule has 3 rings (SSSR count). The second kappa shape index (κ2) is 4.19. The molecule has 3 nitrogen and oxygen atoms in total. The zero-order chi connectivity index (χ0) is 12.9. The van der Waals surface area contributed by atoms with E-state index in [0.29, 0.717) is 12.0 Å². The molecule has 0 radical (unpaired) electrons. The van der Waals surface area contributed by atoms with Gasteiger partial charge in [-0.15, -0.1) is 11.3 Å². The van der Waals surface area contributed by atoms with Crippen molar-refractivity contribution in [1.82, 2.24) is 14.8 Å².